The number of hydrogen-bond acceptors (Lipinski definition) is 4. The highest BCUT2D eigenvalue weighted by Crippen LogP contribution is 2.43. The minimum absolute atomic E-state index is 0.0210. The van der Waals surface area contributed by atoms with Gasteiger partial charge in [-0.15, -0.1) is 0 Å². The predicted octanol–water partition coefficient (Wildman–Crippen LogP) is 5.07. The molecule has 8 heteroatoms. The largest absolute Gasteiger partial charge is 0.375 e. The molecule has 1 saturated carbocycles. The molecule has 3 heterocycles. The van der Waals surface area contributed by atoms with Gasteiger partial charge in [-0.25, -0.2) is 0 Å². The molecule has 1 aliphatic carbocycles. The minimum Gasteiger partial charge on any atom is -0.375 e. The molecule has 2 N–H and O–H groups in total. The molecule has 35 heavy (non-hydrogen) atoms. The second-order valence-corrected chi connectivity index (χ2v) is 9.69. The van der Waals surface area contributed by atoms with Crippen molar-refractivity contribution < 1.29 is 9.53 Å². The van der Waals surface area contributed by atoms with Gasteiger partial charge in [-0.1, -0.05) is 18.9 Å². The number of thiocarbonyl (C=S) groups is 1. The fourth-order valence-electron chi connectivity index (χ4n) is 5.26. The standard InChI is InChI=1S/C27H31N5O2S/c1-18-15-21(10-11-22(18)29-24(33)17-34-2)32-26(19-12-14-31(16-19)20-7-3-4-8-20)25(30-27(32)35)23-9-5-6-13-28-23/h5-6,9-16,20,25-26H,3-4,7-8,17H2,1-2H3,(H,29,33)(H,30,35). The lowest BCUT2D eigenvalue weighted by Crippen LogP contribution is -2.29. The molecule has 2 fully saturated rings. The number of carbonyl (C=O) groups excluding carboxylic acids is 1. The zero-order chi connectivity index (χ0) is 24.4. The van der Waals surface area contributed by atoms with Crippen molar-refractivity contribution in [3.63, 3.8) is 0 Å². The third-order valence-corrected chi connectivity index (χ3v) is 7.28. The Balaban J connectivity index is 1.50. The maximum Gasteiger partial charge on any atom is 0.250 e. The molecule has 1 aromatic carbocycles. The topological polar surface area (TPSA) is 71.4 Å². The Labute approximate surface area is 211 Å². The monoisotopic (exact) mass is 489 g/mol. The van der Waals surface area contributed by atoms with E-state index in [0.29, 0.717) is 11.2 Å². The summed E-state index contributed by atoms with van der Waals surface area (Å²) in [5, 5.41) is 7.10. The number of anilines is 2. The van der Waals surface area contributed by atoms with Gasteiger partial charge in [0.2, 0.25) is 5.91 Å². The van der Waals surface area contributed by atoms with Crippen molar-refractivity contribution in [1.29, 1.82) is 0 Å². The summed E-state index contributed by atoms with van der Waals surface area (Å²) in [6.45, 7) is 2.01. The van der Waals surface area contributed by atoms with Gasteiger partial charge < -0.3 is 24.8 Å². The van der Waals surface area contributed by atoms with E-state index in [0.717, 1.165) is 22.6 Å². The summed E-state index contributed by atoms with van der Waals surface area (Å²) < 4.78 is 7.31. The first-order valence-electron chi connectivity index (χ1n) is 12.1. The van der Waals surface area contributed by atoms with Crippen LogP contribution in [0, 0.1) is 6.92 Å². The van der Waals surface area contributed by atoms with Crippen LogP contribution in [-0.4, -0.2) is 34.3 Å². The number of carbonyl (C=O) groups is 1. The number of ether oxygens (including phenoxy) is 1. The molecule has 1 amide bonds. The number of methoxy groups -OCH3 is 1. The Morgan fingerprint density at radius 1 is 1.23 bits per heavy atom. The van der Waals surface area contributed by atoms with E-state index < -0.39 is 0 Å². The molecule has 182 valence electrons. The molecular weight excluding hydrogens is 458 g/mol. The lowest BCUT2D eigenvalue weighted by atomic mass is 9.98. The molecule has 2 atom stereocenters. The van der Waals surface area contributed by atoms with Crippen LogP contribution in [-0.2, 0) is 9.53 Å². The fourth-order valence-corrected chi connectivity index (χ4v) is 5.61. The molecule has 5 rings (SSSR count). The quantitative estimate of drug-likeness (QED) is 0.452. The molecule has 0 spiro atoms. The lowest BCUT2D eigenvalue weighted by molar-refractivity contribution is -0.119. The van der Waals surface area contributed by atoms with Crippen molar-refractivity contribution in [2.24, 2.45) is 0 Å². The average Bonchev–Trinajstić information content (AvgIpc) is 3.61. The number of nitrogens with one attached hydrogen (secondary N) is 2. The summed E-state index contributed by atoms with van der Waals surface area (Å²) in [5.74, 6) is -0.178. The highest BCUT2D eigenvalue weighted by molar-refractivity contribution is 7.80. The van der Waals surface area contributed by atoms with E-state index in [1.165, 1.54) is 38.4 Å². The van der Waals surface area contributed by atoms with Crippen LogP contribution in [0.5, 0.6) is 0 Å². The van der Waals surface area contributed by atoms with E-state index in [-0.39, 0.29) is 24.6 Å². The average molecular weight is 490 g/mol. The van der Waals surface area contributed by atoms with Crippen LogP contribution in [0.15, 0.2) is 61.1 Å². The van der Waals surface area contributed by atoms with Crippen molar-refractivity contribution in [2.75, 3.05) is 23.9 Å². The van der Waals surface area contributed by atoms with Crippen molar-refractivity contribution in [3.8, 4) is 0 Å². The Hall–Kier alpha value is -3.23. The summed E-state index contributed by atoms with van der Waals surface area (Å²) in [5.41, 5.74) is 4.85. The van der Waals surface area contributed by atoms with E-state index in [2.05, 4.69) is 49.6 Å². The Bertz CT molecular complexity index is 1210. The van der Waals surface area contributed by atoms with Gasteiger partial charge >= 0.3 is 0 Å². The third kappa shape index (κ3) is 4.81. The van der Waals surface area contributed by atoms with Gasteiger partial charge in [0.05, 0.1) is 17.8 Å². The summed E-state index contributed by atoms with van der Waals surface area (Å²) >= 11 is 5.87. The van der Waals surface area contributed by atoms with E-state index in [4.69, 9.17) is 17.0 Å². The summed E-state index contributed by atoms with van der Waals surface area (Å²) in [6, 6.07) is 14.7. The molecule has 2 aliphatic rings. The summed E-state index contributed by atoms with van der Waals surface area (Å²) in [7, 11) is 1.51. The first kappa shape index (κ1) is 23.5. The molecule has 1 saturated heterocycles. The van der Waals surface area contributed by atoms with Crippen LogP contribution in [0.2, 0.25) is 0 Å². The maximum atomic E-state index is 12.0. The van der Waals surface area contributed by atoms with Crippen molar-refractivity contribution in [2.45, 2.75) is 50.7 Å². The van der Waals surface area contributed by atoms with Gasteiger partial charge in [-0.3, -0.25) is 9.78 Å². The van der Waals surface area contributed by atoms with Gasteiger partial charge in [0.25, 0.3) is 0 Å². The summed E-state index contributed by atoms with van der Waals surface area (Å²) in [4.78, 5) is 18.8. The van der Waals surface area contributed by atoms with Crippen LogP contribution >= 0.6 is 12.2 Å². The SMILES string of the molecule is COCC(=O)Nc1ccc(N2C(=S)NC(c3ccccn3)C2c2ccn(C3CCCC3)c2)cc1C. The Morgan fingerprint density at radius 3 is 2.77 bits per heavy atom. The minimum atomic E-state index is -0.178. The zero-order valence-corrected chi connectivity index (χ0v) is 20.9. The van der Waals surface area contributed by atoms with Crippen LogP contribution in [0.1, 0.15) is 60.6 Å². The highest BCUT2D eigenvalue weighted by atomic mass is 32.1. The molecule has 0 bridgehead atoms. The molecule has 2 aromatic heterocycles. The first-order valence-corrected chi connectivity index (χ1v) is 12.5. The van der Waals surface area contributed by atoms with Crippen LogP contribution < -0.4 is 15.5 Å². The lowest BCUT2D eigenvalue weighted by Gasteiger charge is -2.28. The number of pyridine rings is 1. The van der Waals surface area contributed by atoms with Gasteiger partial charge in [0.15, 0.2) is 5.11 Å². The number of aryl methyl sites for hydroxylation is 1. The zero-order valence-electron chi connectivity index (χ0n) is 20.1. The van der Waals surface area contributed by atoms with Crippen LogP contribution in [0.25, 0.3) is 0 Å². The number of hydrogen-bond donors (Lipinski definition) is 2. The molecular formula is C27H31N5O2S. The van der Waals surface area contributed by atoms with Gasteiger partial charge in [-0.2, -0.15) is 0 Å². The van der Waals surface area contributed by atoms with Crippen molar-refractivity contribution in [3.05, 3.63) is 77.9 Å². The van der Waals surface area contributed by atoms with E-state index in [1.54, 1.807) is 0 Å². The highest BCUT2D eigenvalue weighted by Gasteiger charge is 2.41. The van der Waals surface area contributed by atoms with Crippen LogP contribution in [0.3, 0.4) is 0 Å². The normalized spacial score (nSPS) is 20.3. The van der Waals surface area contributed by atoms with Crippen molar-refractivity contribution in [1.82, 2.24) is 14.9 Å². The number of amides is 1. The predicted molar refractivity (Wildman–Crippen MR) is 142 cm³/mol. The molecule has 1 aliphatic heterocycles. The fraction of sp³-hybridized carbons (Fsp3) is 0.370. The Morgan fingerprint density at radius 2 is 2.06 bits per heavy atom. The van der Waals surface area contributed by atoms with Gasteiger partial charge in [-0.05, 0) is 79.5 Å². The number of nitrogens with zero attached hydrogens (tertiary/aromatic N) is 3. The van der Waals surface area contributed by atoms with Gasteiger partial charge in [0.1, 0.15) is 6.61 Å². The van der Waals surface area contributed by atoms with E-state index >= 15 is 0 Å². The van der Waals surface area contributed by atoms with E-state index in [9.17, 15) is 4.79 Å². The van der Waals surface area contributed by atoms with Gasteiger partial charge in [0, 0.05) is 43.1 Å². The molecule has 0 radical (unpaired) electrons. The van der Waals surface area contributed by atoms with Crippen molar-refractivity contribution >= 4 is 34.6 Å². The number of benzene rings is 1. The van der Waals surface area contributed by atoms with E-state index in [1.807, 2.05) is 43.5 Å². The smallest absolute Gasteiger partial charge is 0.250 e. The second kappa shape index (κ2) is 10.2. The molecule has 3 aromatic rings. The van der Waals surface area contributed by atoms with Crippen LogP contribution in [0.4, 0.5) is 11.4 Å². The number of rotatable bonds is 7. The Kier molecular flexibility index (Phi) is 6.83. The maximum absolute atomic E-state index is 12.0. The second-order valence-electron chi connectivity index (χ2n) is 9.31. The molecule has 7 nitrogen and oxygen atoms in total. The summed E-state index contributed by atoms with van der Waals surface area (Å²) in [6.07, 6.45) is 11.4. The third-order valence-electron chi connectivity index (χ3n) is 6.96. The number of aromatic nitrogens is 2. The first-order chi connectivity index (χ1) is 17.0. The molecule has 2 unspecified atom stereocenters.